The van der Waals surface area contributed by atoms with E-state index in [2.05, 4.69) is 24.4 Å². The quantitative estimate of drug-likeness (QED) is 0.698. The Morgan fingerprint density at radius 1 is 1.41 bits per heavy atom. The molecule has 1 unspecified atom stereocenters. The molecule has 3 nitrogen and oxygen atoms in total. The predicted octanol–water partition coefficient (Wildman–Crippen LogP) is 2.82. The molecule has 1 aliphatic carbocycles. The first-order chi connectivity index (χ1) is 8.22. The lowest BCUT2D eigenvalue weighted by atomic mass is 9.92. The summed E-state index contributed by atoms with van der Waals surface area (Å²) in [5, 5.41) is 10.9. The van der Waals surface area contributed by atoms with Crippen molar-refractivity contribution in [1.82, 2.24) is 0 Å². The molecule has 0 aromatic heterocycles. The van der Waals surface area contributed by atoms with Crippen LogP contribution in [0.15, 0.2) is 35.5 Å². The van der Waals surface area contributed by atoms with Crippen LogP contribution >= 0.6 is 0 Å². The molecule has 0 bridgehead atoms. The van der Waals surface area contributed by atoms with Crippen LogP contribution < -0.4 is 11.1 Å². The highest BCUT2D eigenvalue weighted by Crippen LogP contribution is 2.25. The third-order valence-corrected chi connectivity index (χ3v) is 3.28. The number of hydrogen-bond donors (Lipinski definition) is 3. The summed E-state index contributed by atoms with van der Waals surface area (Å²) in [6.07, 6.45) is 4.44. The maximum Gasteiger partial charge on any atom is 0.0411 e. The molecule has 0 amide bonds. The molecule has 0 saturated heterocycles. The Balaban J connectivity index is 2.28. The Morgan fingerprint density at radius 2 is 2.18 bits per heavy atom. The first-order valence-corrected chi connectivity index (χ1v) is 6.04. The topological polar surface area (TPSA) is 61.9 Å². The van der Waals surface area contributed by atoms with Gasteiger partial charge >= 0.3 is 0 Å². The van der Waals surface area contributed by atoms with Gasteiger partial charge in [-0.05, 0) is 37.8 Å². The first kappa shape index (κ1) is 11.9. The molecule has 0 radical (unpaired) electrons. The number of rotatable bonds is 3. The second kappa shape index (κ2) is 5.15. The molecule has 0 aliphatic heterocycles. The SMILES string of the molecule is Cc1ccccc1NC1=C(C=N)C(N)CCC1. The summed E-state index contributed by atoms with van der Waals surface area (Å²) in [7, 11) is 0. The summed E-state index contributed by atoms with van der Waals surface area (Å²) in [5.41, 5.74) is 10.4. The number of anilines is 1. The van der Waals surface area contributed by atoms with Gasteiger partial charge in [-0.25, -0.2) is 0 Å². The van der Waals surface area contributed by atoms with Crippen LogP contribution in [0.2, 0.25) is 0 Å². The van der Waals surface area contributed by atoms with Gasteiger partial charge in [0.05, 0.1) is 0 Å². The van der Waals surface area contributed by atoms with Crippen molar-refractivity contribution in [2.75, 3.05) is 5.32 Å². The Bertz CT molecular complexity index is 449. The Labute approximate surface area is 102 Å². The fraction of sp³-hybridized carbons (Fsp3) is 0.357. The largest absolute Gasteiger partial charge is 0.358 e. The van der Waals surface area contributed by atoms with E-state index in [1.165, 1.54) is 11.8 Å². The fourth-order valence-corrected chi connectivity index (χ4v) is 2.23. The highest BCUT2D eigenvalue weighted by Gasteiger charge is 2.18. The lowest BCUT2D eigenvalue weighted by molar-refractivity contribution is 0.614. The second-order valence-corrected chi connectivity index (χ2v) is 4.52. The minimum Gasteiger partial charge on any atom is -0.358 e. The molecule has 1 aliphatic rings. The van der Waals surface area contributed by atoms with Crippen LogP contribution in [0.1, 0.15) is 24.8 Å². The van der Waals surface area contributed by atoms with Gasteiger partial charge in [-0.3, -0.25) is 0 Å². The average Bonchev–Trinajstić information content (AvgIpc) is 2.32. The first-order valence-electron chi connectivity index (χ1n) is 6.04. The van der Waals surface area contributed by atoms with E-state index in [1.807, 2.05) is 12.1 Å². The van der Waals surface area contributed by atoms with Gasteiger partial charge in [-0.2, -0.15) is 0 Å². The third-order valence-electron chi connectivity index (χ3n) is 3.28. The Hall–Kier alpha value is -1.61. The fourth-order valence-electron chi connectivity index (χ4n) is 2.23. The van der Waals surface area contributed by atoms with E-state index in [0.717, 1.165) is 36.2 Å². The molecule has 0 saturated carbocycles. The summed E-state index contributed by atoms with van der Waals surface area (Å²) in [5.74, 6) is 0. The minimum absolute atomic E-state index is 0.00719. The Kier molecular flexibility index (Phi) is 3.59. The van der Waals surface area contributed by atoms with E-state index in [1.54, 1.807) is 0 Å². The maximum absolute atomic E-state index is 7.47. The smallest absolute Gasteiger partial charge is 0.0411 e. The molecule has 0 spiro atoms. The monoisotopic (exact) mass is 229 g/mol. The molecule has 0 heterocycles. The molecule has 0 fully saturated rings. The van der Waals surface area contributed by atoms with Crippen LogP contribution in [-0.4, -0.2) is 12.3 Å². The van der Waals surface area contributed by atoms with Gasteiger partial charge < -0.3 is 16.5 Å². The summed E-state index contributed by atoms with van der Waals surface area (Å²) < 4.78 is 0. The number of nitrogens with one attached hydrogen (secondary N) is 2. The van der Waals surface area contributed by atoms with Crippen molar-refractivity contribution in [3.8, 4) is 0 Å². The summed E-state index contributed by atoms with van der Waals surface area (Å²) in [4.78, 5) is 0. The van der Waals surface area contributed by atoms with Crippen molar-refractivity contribution in [2.24, 2.45) is 5.73 Å². The standard InChI is InChI=1S/C14H19N3/c1-10-5-2-3-7-13(10)17-14-8-4-6-12(16)11(14)9-15/h2-3,5,7,9,12,15,17H,4,6,8,16H2,1H3. The lowest BCUT2D eigenvalue weighted by Gasteiger charge is -2.25. The summed E-state index contributed by atoms with van der Waals surface area (Å²) >= 11 is 0. The van der Waals surface area contributed by atoms with Crippen molar-refractivity contribution < 1.29 is 0 Å². The molecular weight excluding hydrogens is 210 g/mol. The van der Waals surface area contributed by atoms with Crippen molar-refractivity contribution in [1.29, 1.82) is 5.41 Å². The van der Waals surface area contributed by atoms with E-state index < -0.39 is 0 Å². The highest BCUT2D eigenvalue weighted by atomic mass is 14.9. The van der Waals surface area contributed by atoms with Crippen molar-refractivity contribution >= 4 is 11.9 Å². The number of aryl methyl sites for hydroxylation is 1. The molecule has 3 heteroatoms. The number of para-hydroxylation sites is 1. The second-order valence-electron chi connectivity index (χ2n) is 4.52. The normalized spacial score (nSPS) is 20.2. The number of nitrogens with two attached hydrogens (primary N) is 1. The van der Waals surface area contributed by atoms with E-state index in [4.69, 9.17) is 11.1 Å². The van der Waals surface area contributed by atoms with Crippen molar-refractivity contribution in [3.63, 3.8) is 0 Å². The molecule has 1 atom stereocenters. The number of hydrogen-bond acceptors (Lipinski definition) is 3. The number of benzene rings is 1. The van der Waals surface area contributed by atoms with Gasteiger partial charge in [-0.1, -0.05) is 18.2 Å². The average molecular weight is 229 g/mol. The van der Waals surface area contributed by atoms with Gasteiger partial charge in [0.25, 0.3) is 0 Å². The third kappa shape index (κ3) is 2.56. The van der Waals surface area contributed by atoms with Gasteiger partial charge in [0.2, 0.25) is 0 Å². The van der Waals surface area contributed by atoms with Crippen LogP contribution in [0.5, 0.6) is 0 Å². The highest BCUT2D eigenvalue weighted by molar-refractivity contribution is 5.80. The van der Waals surface area contributed by atoms with Gasteiger partial charge in [0.15, 0.2) is 0 Å². The van der Waals surface area contributed by atoms with Gasteiger partial charge in [0, 0.05) is 29.2 Å². The van der Waals surface area contributed by atoms with Crippen LogP contribution in [-0.2, 0) is 0 Å². The molecule has 17 heavy (non-hydrogen) atoms. The molecule has 90 valence electrons. The van der Waals surface area contributed by atoms with E-state index in [9.17, 15) is 0 Å². The predicted molar refractivity (Wildman–Crippen MR) is 72.4 cm³/mol. The van der Waals surface area contributed by atoms with Crippen LogP contribution in [0.4, 0.5) is 5.69 Å². The van der Waals surface area contributed by atoms with Crippen LogP contribution in [0.3, 0.4) is 0 Å². The summed E-state index contributed by atoms with van der Waals surface area (Å²) in [6, 6.07) is 8.19. The Morgan fingerprint density at radius 3 is 2.88 bits per heavy atom. The maximum atomic E-state index is 7.47. The molecule has 4 N–H and O–H groups in total. The molecule has 1 aromatic rings. The molecular formula is C14H19N3. The van der Waals surface area contributed by atoms with Crippen molar-refractivity contribution in [3.05, 3.63) is 41.1 Å². The zero-order chi connectivity index (χ0) is 12.3. The zero-order valence-corrected chi connectivity index (χ0v) is 10.2. The van der Waals surface area contributed by atoms with E-state index >= 15 is 0 Å². The molecule has 1 aromatic carbocycles. The van der Waals surface area contributed by atoms with Crippen LogP contribution in [0, 0.1) is 12.3 Å². The molecule has 2 rings (SSSR count). The van der Waals surface area contributed by atoms with E-state index in [-0.39, 0.29) is 6.04 Å². The van der Waals surface area contributed by atoms with Crippen LogP contribution in [0.25, 0.3) is 0 Å². The lowest BCUT2D eigenvalue weighted by Crippen LogP contribution is -2.29. The van der Waals surface area contributed by atoms with Crippen molar-refractivity contribution in [2.45, 2.75) is 32.2 Å². The minimum atomic E-state index is 0.00719. The van der Waals surface area contributed by atoms with E-state index in [0.29, 0.717) is 0 Å². The van der Waals surface area contributed by atoms with Gasteiger partial charge in [-0.15, -0.1) is 0 Å². The number of allylic oxidation sites excluding steroid dienone is 1. The summed E-state index contributed by atoms with van der Waals surface area (Å²) in [6.45, 7) is 2.08. The zero-order valence-electron chi connectivity index (χ0n) is 10.2. The van der Waals surface area contributed by atoms with Gasteiger partial charge in [0.1, 0.15) is 0 Å².